The second kappa shape index (κ2) is 8.03. The maximum absolute atomic E-state index is 5.91. The summed E-state index contributed by atoms with van der Waals surface area (Å²) in [5, 5.41) is 3.41. The first-order valence-electron chi connectivity index (χ1n) is 6.61. The van der Waals surface area contributed by atoms with Gasteiger partial charge in [0.15, 0.2) is 0 Å². The van der Waals surface area contributed by atoms with E-state index in [0.29, 0.717) is 25.4 Å². The zero-order valence-corrected chi connectivity index (χ0v) is 11.6. The topological polar surface area (TPSA) is 39.7 Å². The van der Waals surface area contributed by atoms with Gasteiger partial charge >= 0.3 is 0 Å². The van der Waals surface area contributed by atoms with Crippen LogP contribution in [0.4, 0.5) is 0 Å². The molecular weight excluding hydrogens is 218 g/mol. The third-order valence-electron chi connectivity index (χ3n) is 2.92. The van der Waals surface area contributed by atoms with Gasteiger partial charge in [0.05, 0.1) is 31.5 Å². The Morgan fingerprint density at radius 1 is 1.24 bits per heavy atom. The number of hydrogen-bond donors (Lipinski definition) is 1. The first-order chi connectivity index (χ1) is 8.11. The first kappa shape index (κ1) is 14.9. The van der Waals surface area contributed by atoms with E-state index in [9.17, 15) is 0 Å². The van der Waals surface area contributed by atoms with Crippen molar-refractivity contribution in [2.75, 3.05) is 26.9 Å². The zero-order chi connectivity index (χ0) is 12.7. The fourth-order valence-corrected chi connectivity index (χ4v) is 1.97. The molecule has 102 valence electrons. The van der Waals surface area contributed by atoms with Crippen LogP contribution in [0.25, 0.3) is 0 Å². The summed E-state index contributed by atoms with van der Waals surface area (Å²) in [6.45, 7) is 8.61. The van der Waals surface area contributed by atoms with Crippen molar-refractivity contribution in [3.05, 3.63) is 0 Å². The highest BCUT2D eigenvalue weighted by molar-refractivity contribution is 4.76. The zero-order valence-electron chi connectivity index (χ0n) is 11.6. The molecule has 0 bridgehead atoms. The van der Waals surface area contributed by atoms with Crippen molar-refractivity contribution in [1.29, 1.82) is 0 Å². The van der Waals surface area contributed by atoms with Crippen LogP contribution in [-0.4, -0.2) is 51.2 Å². The van der Waals surface area contributed by atoms with Gasteiger partial charge in [0.2, 0.25) is 0 Å². The summed E-state index contributed by atoms with van der Waals surface area (Å²) in [5.74, 6) is 0. The van der Waals surface area contributed by atoms with Crippen LogP contribution < -0.4 is 5.32 Å². The van der Waals surface area contributed by atoms with Crippen LogP contribution >= 0.6 is 0 Å². The maximum atomic E-state index is 5.91. The monoisotopic (exact) mass is 245 g/mol. The van der Waals surface area contributed by atoms with Crippen molar-refractivity contribution in [2.45, 2.75) is 58.0 Å². The van der Waals surface area contributed by atoms with E-state index in [-0.39, 0.29) is 12.2 Å². The molecule has 0 amide bonds. The van der Waals surface area contributed by atoms with Gasteiger partial charge < -0.3 is 19.5 Å². The molecule has 4 nitrogen and oxygen atoms in total. The van der Waals surface area contributed by atoms with Crippen molar-refractivity contribution in [3.63, 3.8) is 0 Å². The summed E-state index contributed by atoms with van der Waals surface area (Å²) in [6, 6.07) is 0.524. The highest BCUT2D eigenvalue weighted by atomic mass is 16.6. The fraction of sp³-hybridized carbons (Fsp3) is 1.00. The van der Waals surface area contributed by atoms with Crippen molar-refractivity contribution in [2.24, 2.45) is 0 Å². The molecule has 0 saturated carbocycles. The molecule has 1 aliphatic heterocycles. The van der Waals surface area contributed by atoms with Gasteiger partial charge in [-0.3, -0.25) is 0 Å². The lowest BCUT2D eigenvalue weighted by atomic mass is 10.2. The van der Waals surface area contributed by atoms with E-state index in [1.165, 1.54) is 0 Å². The van der Waals surface area contributed by atoms with E-state index in [4.69, 9.17) is 14.2 Å². The molecule has 3 atom stereocenters. The Bertz CT molecular complexity index is 199. The molecule has 0 radical (unpaired) electrons. The SMILES string of the molecule is COCC(C)OCC1CCC(CNC(C)C)O1. The van der Waals surface area contributed by atoms with Crippen molar-refractivity contribution in [3.8, 4) is 0 Å². The average molecular weight is 245 g/mol. The molecule has 0 aromatic carbocycles. The number of methoxy groups -OCH3 is 1. The number of ether oxygens (including phenoxy) is 3. The minimum absolute atomic E-state index is 0.149. The van der Waals surface area contributed by atoms with Gasteiger partial charge in [-0.1, -0.05) is 13.8 Å². The molecule has 1 fully saturated rings. The molecule has 1 N–H and O–H groups in total. The lowest BCUT2D eigenvalue weighted by Crippen LogP contribution is -2.32. The lowest BCUT2D eigenvalue weighted by molar-refractivity contribution is -0.0540. The van der Waals surface area contributed by atoms with Crippen molar-refractivity contribution in [1.82, 2.24) is 5.32 Å². The molecule has 1 heterocycles. The highest BCUT2D eigenvalue weighted by Crippen LogP contribution is 2.19. The quantitative estimate of drug-likeness (QED) is 0.705. The number of nitrogens with one attached hydrogen (secondary N) is 1. The van der Waals surface area contributed by atoms with E-state index >= 15 is 0 Å². The van der Waals surface area contributed by atoms with Crippen LogP contribution in [0, 0.1) is 0 Å². The maximum Gasteiger partial charge on any atom is 0.0814 e. The second-order valence-corrected chi connectivity index (χ2v) is 5.12. The molecule has 0 spiro atoms. The van der Waals surface area contributed by atoms with Crippen LogP contribution in [0.5, 0.6) is 0 Å². The van der Waals surface area contributed by atoms with Gasteiger partial charge in [-0.05, 0) is 19.8 Å². The van der Waals surface area contributed by atoms with Gasteiger partial charge in [0.25, 0.3) is 0 Å². The van der Waals surface area contributed by atoms with E-state index in [1.54, 1.807) is 7.11 Å². The van der Waals surface area contributed by atoms with E-state index in [0.717, 1.165) is 19.4 Å². The lowest BCUT2D eigenvalue weighted by Gasteiger charge is -2.18. The van der Waals surface area contributed by atoms with Crippen LogP contribution in [0.2, 0.25) is 0 Å². The summed E-state index contributed by atoms with van der Waals surface area (Å²) in [6.07, 6.45) is 2.99. The molecule has 1 rings (SSSR count). The summed E-state index contributed by atoms with van der Waals surface area (Å²) in [7, 11) is 1.69. The van der Waals surface area contributed by atoms with Gasteiger partial charge in [-0.2, -0.15) is 0 Å². The molecule has 0 aromatic heterocycles. The molecule has 17 heavy (non-hydrogen) atoms. The standard InChI is InChI=1S/C13H27NO3/c1-10(2)14-7-12-5-6-13(17-12)9-16-11(3)8-15-4/h10-14H,5-9H2,1-4H3. The van der Waals surface area contributed by atoms with Gasteiger partial charge in [-0.25, -0.2) is 0 Å². The number of rotatable bonds is 8. The van der Waals surface area contributed by atoms with Crippen LogP contribution in [0.15, 0.2) is 0 Å². The van der Waals surface area contributed by atoms with Gasteiger partial charge in [0.1, 0.15) is 0 Å². The van der Waals surface area contributed by atoms with Gasteiger partial charge in [0, 0.05) is 19.7 Å². The van der Waals surface area contributed by atoms with Crippen LogP contribution in [0.1, 0.15) is 33.6 Å². The van der Waals surface area contributed by atoms with E-state index in [1.807, 2.05) is 6.92 Å². The molecule has 3 unspecified atom stereocenters. The molecule has 4 heteroatoms. The normalized spacial score (nSPS) is 26.6. The molecular formula is C13H27NO3. The Balaban J connectivity index is 2.09. The highest BCUT2D eigenvalue weighted by Gasteiger charge is 2.25. The molecule has 1 aliphatic rings. The second-order valence-electron chi connectivity index (χ2n) is 5.12. The average Bonchev–Trinajstić information content (AvgIpc) is 2.72. The summed E-state index contributed by atoms with van der Waals surface area (Å²) in [5.41, 5.74) is 0. The Morgan fingerprint density at radius 3 is 2.59 bits per heavy atom. The minimum Gasteiger partial charge on any atom is -0.382 e. The third-order valence-corrected chi connectivity index (χ3v) is 2.92. The first-order valence-corrected chi connectivity index (χ1v) is 6.61. The van der Waals surface area contributed by atoms with E-state index in [2.05, 4.69) is 19.2 Å². The summed E-state index contributed by atoms with van der Waals surface area (Å²) < 4.78 is 16.6. The fourth-order valence-electron chi connectivity index (χ4n) is 1.97. The molecule has 1 saturated heterocycles. The molecule has 0 aromatic rings. The minimum atomic E-state index is 0.149. The Morgan fingerprint density at radius 2 is 1.94 bits per heavy atom. The molecule has 0 aliphatic carbocycles. The third kappa shape index (κ3) is 6.36. The van der Waals surface area contributed by atoms with Crippen LogP contribution in [-0.2, 0) is 14.2 Å². The van der Waals surface area contributed by atoms with Crippen molar-refractivity contribution < 1.29 is 14.2 Å². The predicted molar refractivity (Wildman–Crippen MR) is 68.3 cm³/mol. The Hall–Kier alpha value is -0.160. The van der Waals surface area contributed by atoms with Crippen molar-refractivity contribution >= 4 is 0 Å². The summed E-state index contributed by atoms with van der Waals surface area (Å²) in [4.78, 5) is 0. The van der Waals surface area contributed by atoms with E-state index < -0.39 is 0 Å². The smallest absolute Gasteiger partial charge is 0.0814 e. The number of hydrogen-bond acceptors (Lipinski definition) is 4. The Kier molecular flexibility index (Phi) is 7.04. The predicted octanol–water partition coefficient (Wildman–Crippen LogP) is 1.58. The Labute approximate surface area is 105 Å². The van der Waals surface area contributed by atoms with Crippen LogP contribution in [0.3, 0.4) is 0 Å². The summed E-state index contributed by atoms with van der Waals surface area (Å²) >= 11 is 0. The van der Waals surface area contributed by atoms with Gasteiger partial charge in [-0.15, -0.1) is 0 Å². The largest absolute Gasteiger partial charge is 0.382 e.